The van der Waals surface area contributed by atoms with Crippen LogP contribution in [0.5, 0.6) is 0 Å². The van der Waals surface area contributed by atoms with Crippen molar-refractivity contribution < 1.29 is 13.5 Å². The van der Waals surface area contributed by atoms with E-state index in [1.54, 1.807) is 4.68 Å². The molecule has 0 unspecified atom stereocenters. The molecule has 1 aromatic rings. The molecule has 0 saturated carbocycles. The van der Waals surface area contributed by atoms with E-state index in [-0.39, 0.29) is 6.61 Å². The average Bonchev–Trinajstić information content (AvgIpc) is 2.37. The van der Waals surface area contributed by atoms with Gasteiger partial charge in [0.2, 0.25) is 0 Å². The van der Waals surface area contributed by atoms with Crippen LogP contribution in [0.2, 0.25) is 0 Å². The fraction of sp³-hybridized carbons (Fsp3) is 0.700. The lowest BCUT2D eigenvalue weighted by molar-refractivity contribution is -0.138. The molecule has 1 rings (SSSR count). The molecular formula is C10H16F2N2O. The zero-order valence-corrected chi connectivity index (χ0v) is 9.42. The summed E-state index contributed by atoms with van der Waals surface area (Å²) in [5.41, 5.74) is 2.58. The van der Waals surface area contributed by atoms with Gasteiger partial charge in [-0.2, -0.15) is 13.9 Å². The number of aryl methyl sites for hydroxylation is 1. The minimum absolute atomic E-state index is 0.135. The average molecular weight is 218 g/mol. The summed E-state index contributed by atoms with van der Waals surface area (Å²) in [5.74, 6) is 0.322. The highest BCUT2D eigenvalue weighted by Gasteiger charge is 2.15. The standard InChI is InChI=1S/C10H16F2N2O/c1-6(2)9-7(3)8(13-14(9)4)5-15-10(11)12/h6,10H,5H2,1-4H3. The summed E-state index contributed by atoms with van der Waals surface area (Å²) in [6.45, 7) is 3.09. The number of ether oxygens (including phenoxy) is 1. The molecule has 1 aromatic heterocycles. The quantitative estimate of drug-likeness (QED) is 0.776. The fourth-order valence-electron chi connectivity index (χ4n) is 1.79. The maximum atomic E-state index is 11.9. The Kier molecular flexibility index (Phi) is 3.79. The van der Waals surface area contributed by atoms with Crippen LogP contribution in [0, 0.1) is 6.92 Å². The fourth-order valence-corrected chi connectivity index (χ4v) is 1.79. The molecule has 0 radical (unpaired) electrons. The second-order valence-corrected chi connectivity index (χ2v) is 3.81. The maximum Gasteiger partial charge on any atom is 0.345 e. The first-order valence-corrected chi connectivity index (χ1v) is 4.85. The molecule has 0 fully saturated rings. The minimum Gasteiger partial charge on any atom is -0.316 e. The van der Waals surface area contributed by atoms with Gasteiger partial charge in [0.25, 0.3) is 0 Å². The largest absolute Gasteiger partial charge is 0.345 e. The van der Waals surface area contributed by atoms with Crippen molar-refractivity contribution in [3.8, 4) is 0 Å². The van der Waals surface area contributed by atoms with Crippen LogP contribution in [0.25, 0.3) is 0 Å². The third kappa shape index (κ3) is 2.75. The first-order valence-electron chi connectivity index (χ1n) is 4.85. The van der Waals surface area contributed by atoms with Gasteiger partial charge in [-0.05, 0) is 18.4 Å². The Morgan fingerprint density at radius 1 is 1.40 bits per heavy atom. The number of rotatable bonds is 4. The second kappa shape index (κ2) is 4.70. The van der Waals surface area contributed by atoms with E-state index in [0.29, 0.717) is 11.6 Å². The molecule has 0 aliphatic carbocycles. The zero-order valence-electron chi connectivity index (χ0n) is 9.42. The summed E-state index contributed by atoms with van der Waals surface area (Å²) >= 11 is 0. The van der Waals surface area contributed by atoms with Gasteiger partial charge >= 0.3 is 6.61 Å². The molecule has 5 heteroatoms. The van der Waals surface area contributed by atoms with Gasteiger partial charge in [0, 0.05) is 12.7 Å². The highest BCUT2D eigenvalue weighted by atomic mass is 19.3. The second-order valence-electron chi connectivity index (χ2n) is 3.81. The SMILES string of the molecule is Cc1c(COC(F)F)nn(C)c1C(C)C. The summed E-state index contributed by atoms with van der Waals surface area (Å²) in [5, 5.41) is 4.16. The van der Waals surface area contributed by atoms with E-state index in [1.165, 1.54) is 0 Å². The van der Waals surface area contributed by atoms with Crippen molar-refractivity contribution in [3.05, 3.63) is 17.0 Å². The van der Waals surface area contributed by atoms with Crippen molar-refractivity contribution in [2.75, 3.05) is 0 Å². The molecule has 0 spiro atoms. The molecule has 86 valence electrons. The van der Waals surface area contributed by atoms with Crippen LogP contribution in [0.15, 0.2) is 0 Å². The summed E-state index contributed by atoms with van der Waals surface area (Å²) in [4.78, 5) is 0. The van der Waals surface area contributed by atoms with Gasteiger partial charge in [0.05, 0.1) is 12.3 Å². The minimum atomic E-state index is -2.74. The molecule has 0 atom stereocenters. The summed E-state index contributed by atoms with van der Waals surface area (Å²) in [6.07, 6.45) is 0. The number of hydrogen-bond acceptors (Lipinski definition) is 2. The number of nitrogens with zero attached hydrogens (tertiary/aromatic N) is 2. The van der Waals surface area contributed by atoms with E-state index in [1.807, 2.05) is 27.8 Å². The molecule has 0 N–H and O–H groups in total. The molecule has 0 saturated heterocycles. The van der Waals surface area contributed by atoms with Crippen LogP contribution in [0.4, 0.5) is 8.78 Å². The Balaban J connectivity index is 2.87. The number of halogens is 2. The molecule has 3 nitrogen and oxygen atoms in total. The van der Waals surface area contributed by atoms with Gasteiger partial charge in [-0.25, -0.2) is 0 Å². The van der Waals surface area contributed by atoms with Gasteiger partial charge in [0.1, 0.15) is 0 Å². The summed E-state index contributed by atoms with van der Waals surface area (Å²) < 4.78 is 29.7. The first-order chi connectivity index (χ1) is 6.93. The van der Waals surface area contributed by atoms with Crippen molar-refractivity contribution in [1.29, 1.82) is 0 Å². The molecule has 0 aliphatic heterocycles. The van der Waals surface area contributed by atoms with Gasteiger partial charge in [0.15, 0.2) is 0 Å². The van der Waals surface area contributed by atoms with E-state index in [2.05, 4.69) is 9.84 Å². The molecule has 0 aromatic carbocycles. The number of aromatic nitrogens is 2. The van der Waals surface area contributed by atoms with Gasteiger partial charge in [-0.1, -0.05) is 13.8 Å². The monoisotopic (exact) mass is 218 g/mol. The molecule has 0 aliphatic rings. The third-order valence-corrected chi connectivity index (χ3v) is 2.33. The van der Waals surface area contributed by atoms with Gasteiger partial charge in [-0.3, -0.25) is 4.68 Å². The molecule has 0 bridgehead atoms. The van der Waals surface area contributed by atoms with Crippen LogP contribution in [-0.2, 0) is 18.4 Å². The number of hydrogen-bond donors (Lipinski definition) is 0. The topological polar surface area (TPSA) is 27.1 Å². The number of alkyl halides is 2. The van der Waals surface area contributed by atoms with E-state index in [9.17, 15) is 8.78 Å². The van der Waals surface area contributed by atoms with Crippen LogP contribution in [0.1, 0.15) is 36.7 Å². The highest BCUT2D eigenvalue weighted by Crippen LogP contribution is 2.21. The predicted octanol–water partition coefficient (Wildman–Crippen LogP) is 2.59. The highest BCUT2D eigenvalue weighted by molar-refractivity contribution is 5.26. The molecule has 1 heterocycles. The van der Waals surface area contributed by atoms with E-state index in [0.717, 1.165) is 11.3 Å². The zero-order chi connectivity index (χ0) is 11.6. The molecule has 0 amide bonds. The van der Waals surface area contributed by atoms with Crippen LogP contribution in [0.3, 0.4) is 0 Å². The predicted molar refractivity (Wildman–Crippen MR) is 52.8 cm³/mol. The van der Waals surface area contributed by atoms with Crippen LogP contribution < -0.4 is 0 Å². The van der Waals surface area contributed by atoms with Gasteiger partial charge < -0.3 is 4.74 Å². The summed E-state index contributed by atoms with van der Waals surface area (Å²) in [7, 11) is 1.81. The molecular weight excluding hydrogens is 202 g/mol. The third-order valence-electron chi connectivity index (χ3n) is 2.33. The Hall–Kier alpha value is -0.970. The van der Waals surface area contributed by atoms with Crippen LogP contribution in [-0.4, -0.2) is 16.4 Å². The Bertz CT molecular complexity index is 334. The van der Waals surface area contributed by atoms with E-state index < -0.39 is 6.61 Å². The Morgan fingerprint density at radius 2 is 2.00 bits per heavy atom. The lowest BCUT2D eigenvalue weighted by Gasteiger charge is -2.06. The van der Waals surface area contributed by atoms with Crippen molar-refractivity contribution >= 4 is 0 Å². The smallest absolute Gasteiger partial charge is 0.316 e. The van der Waals surface area contributed by atoms with Gasteiger partial charge in [-0.15, -0.1) is 0 Å². The van der Waals surface area contributed by atoms with Crippen molar-refractivity contribution in [3.63, 3.8) is 0 Å². The first kappa shape index (κ1) is 12.1. The normalized spacial score (nSPS) is 11.7. The van der Waals surface area contributed by atoms with Crippen molar-refractivity contribution in [2.24, 2.45) is 7.05 Å². The van der Waals surface area contributed by atoms with Crippen molar-refractivity contribution in [1.82, 2.24) is 9.78 Å². The lowest BCUT2D eigenvalue weighted by atomic mass is 10.1. The lowest BCUT2D eigenvalue weighted by Crippen LogP contribution is -2.01. The Labute approximate surface area is 88.0 Å². The van der Waals surface area contributed by atoms with Crippen LogP contribution >= 0.6 is 0 Å². The van der Waals surface area contributed by atoms with E-state index >= 15 is 0 Å². The Morgan fingerprint density at radius 3 is 2.40 bits per heavy atom. The summed E-state index contributed by atoms with van der Waals surface area (Å²) in [6, 6.07) is 0. The maximum absolute atomic E-state index is 11.9. The van der Waals surface area contributed by atoms with E-state index in [4.69, 9.17) is 0 Å². The molecule has 15 heavy (non-hydrogen) atoms. The van der Waals surface area contributed by atoms with Crippen molar-refractivity contribution in [2.45, 2.75) is 39.9 Å².